The molecule has 150 valence electrons. The first-order valence-electron chi connectivity index (χ1n) is 10.7. The number of methoxy groups -OCH3 is 1. The molecule has 0 aliphatic rings. The first-order chi connectivity index (χ1) is 12.8. The Morgan fingerprint density at radius 3 is 2.22 bits per heavy atom. The van der Waals surface area contributed by atoms with Crippen LogP contribution >= 0.6 is 0 Å². The number of unbranched alkanes of at least 4 members (excludes halogenated alkanes) is 3. The Bertz CT molecular complexity index is 753. The lowest BCUT2D eigenvalue weighted by molar-refractivity contribution is 0.368. The van der Waals surface area contributed by atoms with Crippen molar-refractivity contribution in [2.24, 2.45) is 0 Å². The van der Waals surface area contributed by atoms with Crippen molar-refractivity contribution in [1.29, 1.82) is 0 Å². The zero-order valence-electron chi connectivity index (χ0n) is 18.5. The lowest BCUT2D eigenvalue weighted by atomic mass is 9.76. The summed E-state index contributed by atoms with van der Waals surface area (Å²) in [5.41, 5.74) is 4.35. The summed E-state index contributed by atoms with van der Waals surface area (Å²) in [6, 6.07) is 6.64. The van der Waals surface area contributed by atoms with E-state index in [1.54, 1.807) is 7.11 Å². The van der Waals surface area contributed by atoms with E-state index in [1.165, 1.54) is 37.7 Å². The van der Waals surface area contributed by atoms with E-state index < -0.39 is 0 Å². The Morgan fingerprint density at radius 1 is 0.889 bits per heavy atom. The van der Waals surface area contributed by atoms with E-state index in [2.05, 4.69) is 59.7 Å². The molecule has 0 amide bonds. The Labute approximate surface area is 166 Å². The minimum atomic E-state index is -0.0532. The summed E-state index contributed by atoms with van der Waals surface area (Å²) in [4.78, 5) is 9.78. The number of nitrogens with zero attached hydrogens (tertiary/aromatic N) is 2. The van der Waals surface area contributed by atoms with Crippen LogP contribution in [0.1, 0.15) is 97.7 Å². The van der Waals surface area contributed by atoms with Crippen LogP contribution in [0, 0.1) is 0 Å². The molecule has 27 heavy (non-hydrogen) atoms. The molecule has 0 spiro atoms. The van der Waals surface area contributed by atoms with Crippen molar-refractivity contribution in [3.05, 3.63) is 29.5 Å². The van der Waals surface area contributed by atoms with Gasteiger partial charge in [-0.05, 0) is 42.4 Å². The third kappa shape index (κ3) is 4.80. The van der Waals surface area contributed by atoms with Crippen LogP contribution in [0.3, 0.4) is 0 Å². The second kappa shape index (κ2) is 9.03. The van der Waals surface area contributed by atoms with Crippen LogP contribution in [0.2, 0.25) is 0 Å². The molecule has 1 aromatic heterocycles. The Hall–Kier alpha value is -1.64. The average molecular weight is 371 g/mol. The van der Waals surface area contributed by atoms with Crippen LogP contribution in [0.15, 0.2) is 18.2 Å². The zero-order chi connectivity index (χ0) is 20.1. The molecule has 0 bridgehead atoms. The number of fused-ring (bicyclic) bond motifs is 1. The molecular formula is C24H38N2O. The highest BCUT2D eigenvalue weighted by atomic mass is 16.5. The molecule has 1 heterocycles. The summed E-state index contributed by atoms with van der Waals surface area (Å²) in [5.74, 6) is 0.660. The highest BCUT2D eigenvalue weighted by Gasteiger charge is 2.28. The third-order valence-corrected chi connectivity index (χ3v) is 6.41. The monoisotopic (exact) mass is 370 g/mol. The third-order valence-electron chi connectivity index (χ3n) is 6.41. The predicted octanol–water partition coefficient (Wildman–Crippen LogP) is 6.96. The highest BCUT2D eigenvalue weighted by Crippen LogP contribution is 2.36. The van der Waals surface area contributed by atoms with Gasteiger partial charge in [-0.1, -0.05) is 73.3 Å². The maximum atomic E-state index is 5.61. The minimum absolute atomic E-state index is 0.0532. The van der Waals surface area contributed by atoms with Crippen LogP contribution in [0.4, 0.5) is 0 Å². The molecule has 0 fully saturated rings. The van der Waals surface area contributed by atoms with Crippen molar-refractivity contribution in [2.45, 2.75) is 97.3 Å². The summed E-state index contributed by atoms with van der Waals surface area (Å²) >= 11 is 0. The Balaban J connectivity index is 2.42. The van der Waals surface area contributed by atoms with E-state index in [9.17, 15) is 0 Å². The van der Waals surface area contributed by atoms with E-state index in [1.807, 2.05) is 0 Å². The molecule has 2 aromatic rings. The maximum Gasteiger partial charge on any atom is 0.236 e. The number of ether oxygens (including phenoxy) is 1. The Morgan fingerprint density at radius 2 is 1.63 bits per heavy atom. The summed E-state index contributed by atoms with van der Waals surface area (Å²) in [7, 11) is 1.69. The van der Waals surface area contributed by atoms with Gasteiger partial charge in [-0.15, -0.1) is 0 Å². The van der Waals surface area contributed by atoms with E-state index >= 15 is 0 Å². The van der Waals surface area contributed by atoms with Gasteiger partial charge in [0.1, 0.15) is 5.69 Å². The van der Waals surface area contributed by atoms with Crippen molar-refractivity contribution >= 4 is 11.0 Å². The normalized spacial score (nSPS) is 14.3. The number of benzene rings is 1. The fourth-order valence-electron chi connectivity index (χ4n) is 3.63. The molecule has 2 rings (SSSR count). The quantitative estimate of drug-likeness (QED) is 0.424. The average Bonchev–Trinajstić information content (AvgIpc) is 2.69. The van der Waals surface area contributed by atoms with E-state index in [0.717, 1.165) is 29.6 Å². The molecule has 0 aliphatic carbocycles. The van der Waals surface area contributed by atoms with Crippen molar-refractivity contribution in [1.82, 2.24) is 9.97 Å². The highest BCUT2D eigenvalue weighted by molar-refractivity contribution is 5.76. The number of rotatable bonds is 10. The summed E-state index contributed by atoms with van der Waals surface area (Å²) in [5, 5.41) is 0. The lowest BCUT2D eigenvalue weighted by Gasteiger charge is -2.29. The molecule has 0 saturated carbocycles. The smallest absolute Gasteiger partial charge is 0.236 e. The first kappa shape index (κ1) is 21.7. The van der Waals surface area contributed by atoms with Gasteiger partial charge in [0, 0.05) is 5.41 Å². The molecule has 0 N–H and O–H groups in total. The van der Waals surface area contributed by atoms with Crippen LogP contribution < -0.4 is 4.74 Å². The molecular weight excluding hydrogens is 332 g/mol. The standard InChI is InChI=1S/C24H38N2O/c1-8-11-12-13-16-24(6,10-3)18-14-15-19-20(17-18)26-22(27-7)21(25-19)23(4,5)9-2/h14-15,17H,8-13,16H2,1-7H3. The van der Waals surface area contributed by atoms with Gasteiger partial charge in [0.05, 0.1) is 18.1 Å². The second-order valence-electron chi connectivity index (χ2n) is 8.75. The molecule has 0 aliphatic heterocycles. The van der Waals surface area contributed by atoms with Crippen molar-refractivity contribution in [2.75, 3.05) is 7.11 Å². The fraction of sp³-hybridized carbons (Fsp3) is 0.667. The minimum Gasteiger partial charge on any atom is -0.480 e. The summed E-state index contributed by atoms with van der Waals surface area (Å²) in [6.45, 7) is 13.5. The fourth-order valence-corrected chi connectivity index (χ4v) is 3.63. The van der Waals surface area contributed by atoms with Crippen LogP contribution in [0.25, 0.3) is 11.0 Å². The molecule has 0 saturated heterocycles. The van der Waals surface area contributed by atoms with Crippen molar-refractivity contribution < 1.29 is 4.74 Å². The summed E-state index contributed by atoms with van der Waals surface area (Å²) < 4.78 is 5.61. The maximum absolute atomic E-state index is 5.61. The number of hydrogen-bond donors (Lipinski definition) is 0. The molecule has 3 nitrogen and oxygen atoms in total. The second-order valence-corrected chi connectivity index (χ2v) is 8.75. The van der Waals surface area contributed by atoms with Crippen LogP contribution in [0.5, 0.6) is 5.88 Å². The van der Waals surface area contributed by atoms with Gasteiger partial charge in [0.25, 0.3) is 0 Å². The number of hydrogen-bond acceptors (Lipinski definition) is 3. The lowest BCUT2D eigenvalue weighted by Crippen LogP contribution is -2.21. The zero-order valence-corrected chi connectivity index (χ0v) is 18.5. The van der Waals surface area contributed by atoms with Gasteiger partial charge >= 0.3 is 0 Å². The summed E-state index contributed by atoms with van der Waals surface area (Å²) in [6.07, 6.45) is 8.57. The van der Waals surface area contributed by atoms with Crippen LogP contribution in [-0.2, 0) is 10.8 Å². The van der Waals surface area contributed by atoms with Gasteiger partial charge in [-0.2, -0.15) is 0 Å². The SMILES string of the molecule is CCCCCCC(C)(CC)c1ccc2nc(C(C)(C)CC)c(OC)nc2c1. The van der Waals surface area contributed by atoms with E-state index in [0.29, 0.717) is 5.88 Å². The largest absolute Gasteiger partial charge is 0.480 e. The van der Waals surface area contributed by atoms with Gasteiger partial charge in [-0.3, -0.25) is 0 Å². The molecule has 1 unspecified atom stereocenters. The molecule has 1 atom stereocenters. The van der Waals surface area contributed by atoms with Crippen molar-refractivity contribution in [3.8, 4) is 5.88 Å². The number of aromatic nitrogens is 2. The topological polar surface area (TPSA) is 35.0 Å². The Kier molecular flexibility index (Phi) is 7.25. The molecule has 3 heteroatoms. The van der Waals surface area contributed by atoms with Crippen molar-refractivity contribution in [3.63, 3.8) is 0 Å². The van der Waals surface area contributed by atoms with Gasteiger partial charge in [0.2, 0.25) is 5.88 Å². The van der Waals surface area contributed by atoms with Gasteiger partial charge in [-0.25, -0.2) is 9.97 Å². The first-order valence-corrected chi connectivity index (χ1v) is 10.7. The predicted molar refractivity (Wildman–Crippen MR) is 116 cm³/mol. The van der Waals surface area contributed by atoms with E-state index in [-0.39, 0.29) is 10.8 Å². The van der Waals surface area contributed by atoms with Gasteiger partial charge in [0.15, 0.2) is 0 Å². The van der Waals surface area contributed by atoms with Crippen LogP contribution in [-0.4, -0.2) is 17.1 Å². The molecule has 0 radical (unpaired) electrons. The van der Waals surface area contributed by atoms with E-state index in [4.69, 9.17) is 14.7 Å². The van der Waals surface area contributed by atoms with Gasteiger partial charge < -0.3 is 4.74 Å². The molecule has 1 aromatic carbocycles.